The highest BCUT2D eigenvalue weighted by Crippen LogP contribution is 2.23. The number of aromatic hydroxyl groups is 1. The lowest BCUT2D eigenvalue weighted by Crippen LogP contribution is -2.23. The molecule has 0 aliphatic rings. The summed E-state index contributed by atoms with van der Waals surface area (Å²) < 4.78 is 5.47. The molecule has 2 N–H and O–H groups in total. The summed E-state index contributed by atoms with van der Waals surface area (Å²) in [4.78, 5) is 12.1. The second-order valence-corrected chi connectivity index (χ2v) is 6.92. The van der Waals surface area contributed by atoms with E-state index in [1.807, 2.05) is 30.3 Å². The van der Waals surface area contributed by atoms with Gasteiger partial charge in [0.25, 0.3) is 0 Å². The van der Waals surface area contributed by atoms with Crippen molar-refractivity contribution in [2.75, 3.05) is 13.7 Å². The number of methoxy groups -OCH3 is 1. The van der Waals surface area contributed by atoms with Gasteiger partial charge < -0.3 is 15.2 Å². The van der Waals surface area contributed by atoms with Crippen LogP contribution in [0.3, 0.4) is 0 Å². The van der Waals surface area contributed by atoms with Crippen LogP contribution in [-0.4, -0.2) is 24.7 Å². The van der Waals surface area contributed by atoms with Gasteiger partial charge in [-0.25, -0.2) is 0 Å². The molecule has 0 bridgehead atoms. The van der Waals surface area contributed by atoms with Gasteiger partial charge in [0, 0.05) is 12.6 Å². The quantitative estimate of drug-likeness (QED) is 0.430. The number of hydrogen-bond donors (Lipinski definition) is 2. The van der Waals surface area contributed by atoms with Gasteiger partial charge in [0.1, 0.15) is 11.5 Å². The van der Waals surface area contributed by atoms with E-state index in [0.717, 1.165) is 36.1 Å². The van der Waals surface area contributed by atoms with Gasteiger partial charge in [0.05, 0.1) is 7.11 Å². The smallest absolute Gasteiger partial charge is 0.244 e. The van der Waals surface area contributed by atoms with E-state index in [0.29, 0.717) is 6.54 Å². The van der Waals surface area contributed by atoms with E-state index < -0.39 is 0 Å². The number of nitrogens with one attached hydrogen (secondary N) is 1. The molecule has 0 aromatic heterocycles. The summed E-state index contributed by atoms with van der Waals surface area (Å²) in [7, 11) is 1.70. The Bertz CT molecular complexity index is 766. The van der Waals surface area contributed by atoms with E-state index in [-0.39, 0.29) is 11.7 Å². The van der Waals surface area contributed by atoms with E-state index >= 15 is 0 Å². The Kier molecular flexibility index (Phi) is 9.13. The number of unbranched alkanes of at least 4 members (excludes halogenated alkanes) is 3. The third kappa shape index (κ3) is 7.47. The summed E-state index contributed by atoms with van der Waals surface area (Å²) in [5.41, 5.74) is 3.26. The summed E-state index contributed by atoms with van der Waals surface area (Å²) in [6, 6.07) is 13.1. The molecule has 0 saturated carbocycles. The molecule has 150 valence electrons. The van der Waals surface area contributed by atoms with Crippen molar-refractivity contribution in [1.29, 1.82) is 0 Å². The average Bonchev–Trinajstić information content (AvgIpc) is 2.71. The Morgan fingerprint density at radius 3 is 2.57 bits per heavy atom. The molecule has 0 aliphatic heterocycles. The molecule has 4 nitrogen and oxygen atoms in total. The van der Waals surface area contributed by atoms with Crippen molar-refractivity contribution in [1.82, 2.24) is 5.32 Å². The van der Waals surface area contributed by atoms with Crippen LogP contribution in [0, 0.1) is 0 Å². The number of carbonyl (C=O) groups is 1. The number of phenols is 1. The van der Waals surface area contributed by atoms with Crippen LogP contribution in [0.1, 0.15) is 49.3 Å². The van der Waals surface area contributed by atoms with Crippen LogP contribution in [0.25, 0.3) is 6.08 Å². The van der Waals surface area contributed by atoms with Crippen LogP contribution in [0.15, 0.2) is 48.5 Å². The van der Waals surface area contributed by atoms with Crippen LogP contribution in [-0.2, 0) is 17.6 Å². The van der Waals surface area contributed by atoms with Gasteiger partial charge in [-0.05, 0) is 66.3 Å². The first kappa shape index (κ1) is 21.5. The zero-order chi connectivity index (χ0) is 20.2. The minimum Gasteiger partial charge on any atom is -0.508 e. The van der Waals surface area contributed by atoms with Gasteiger partial charge in [-0.3, -0.25) is 4.79 Å². The van der Waals surface area contributed by atoms with E-state index in [1.165, 1.54) is 24.8 Å². The highest BCUT2D eigenvalue weighted by molar-refractivity contribution is 5.91. The predicted molar refractivity (Wildman–Crippen MR) is 115 cm³/mol. The van der Waals surface area contributed by atoms with Crippen LogP contribution in [0.5, 0.6) is 11.5 Å². The Labute approximate surface area is 168 Å². The molecule has 4 heteroatoms. The average molecular weight is 382 g/mol. The van der Waals surface area contributed by atoms with E-state index in [2.05, 4.69) is 18.3 Å². The Hall–Kier alpha value is -2.75. The maximum atomic E-state index is 12.1. The van der Waals surface area contributed by atoms with E-state index in [9.17, 15) is 9.90 Å². The lowest BCUT2D eigenvalue weighted by molar-refractivity contribution is -0.116. The molecular weight excluding hydrogens is 350 g/mol. The lowest BCUT2D eigenvalue weighted by Gasteiger charge is -2.09. The first-order chi connectivity index (χ1) is 13.6. The number of aryl methyl sites for hydroxylation is 1. The SMILES string of the molecule is CCCCCCc1cc(/C=C/C(=O)NCCc2ccc(O)cc2)ccc1OC. The number of phenolic OH excluding ortho intramolecular Hbond substituents is 1. The number of hydrogen-bond acceptors (Lipinski definition) is 3. The number of rotatable bonds is 11. The summed E-state index contributed by atoms with van der Waals surface area (Å²) in [6.07, 6.45) is 9.98. The summed E-state index contributed by atoms with van der Waals surface area (Å²) in [5.74, 6) is 1.05. The van der Waals surface area contributed by atoms with E-state index in [4.69, 9.17) is 4.74 Å². The monoisotopic (exact) mass is 381 g/mol. The predicted octanol–water partition coefficient (Wildman–Crippen LogP) is 4.90. The summed E-state index contributed by atoms with van der Waals surface area (Å²) >= 11 is 0. The topological polar surface area (TPSA) is 58.6 Å². The standard InChI is InChI=1S/C24H31NO3/c1-3-4-5-6-7-21-18-20(10-14-23(21)28-2)11-15-24(27)25-17-16-19-8-12-22(26)13-9-19/h8-15,18,26H,3-7,16-17H2,1-2H3,(H,25,27)/b15-11+. The van der Waals surface area contributed by atoms with Gasteiger partial charge in [-0.1, -0.05) is 44.4 Å². The number of carbonyl (C=O) groups excluding carboxylic acids is 1. The van der Waals surface area contributed by atoms with Crippen molar-refractivity contribution in [3.05, 3.63) is 65.2 Å². The van der Waals surface area contributed by atoms with Crippen molar-refractivity contribution >= 4 is 12.0 Å². The van der Waals surface area contributed by atoms with Crippen LogP contribution < -0.4 is 10.1 Å². The Morgan fingerprint density at radius 1 is 1.07 bits per heavy atom. The first-order valence-corrected chi connectivity index (χ1v) is 10.0. The van der Waals surface area contributed by atoms with Crippen molar-refractivity contribution in [3.8, 4) is 11.5 Å². The van der Waals surface area contributed by atoms with Gasteiger partial charge in [-0.15, -0.1) is 0 Å². The minimum absolute atomic E-state index is 0.112. The van der Waals surface area contributed by atoms with Crippen molar-refractivity contribution < 1.29 is 14.6 Å². The molecular formula is C24H31NO3. The second kappa shape index (κ2) is 11.9. The molecule has 0 fully saturated rings. The molecule has 0 saturated heterocycles. The molecule has 0 heterocycles. The Balaban J connectivity index is 1.85. The third-order valence-corrected chi connectivity index (χ3v) is 4.68. The zero-order valence-electron chi connectivity index (χ0n) is 16.9. The van der Waals surface area contributed by atoms with Crippen molar-refractivity contribution in [2.45, 2.75) is 45.4 Å². The lowest BCUT2D eigenvalue weighted by atomic mass is 10.0. The van der Waals surface area contributed by atoms with Crippen molar-refractivity contribution in [3.63, 3.8) is 0 Å². The largest absolute Gasteiger partial charge is 0.508 e. The van der Waals surface area contributed by atoms with Gasteiger partial charge in [0.15, 0.2) is 0 Å². The molecule has 2 aromatic rings. The van der Waals surface area contributed by atoms with Crippen molar-refractivity contribution in [2.24, 2.45) is 0 Å². The van der Waals surface area contributed by atoms with E-state index in [1.54, 1.807) is 25.3 Å². The van der Waals surface area contributed by atoms with Crippen LogP contribution >= 0.6 is 0 Å². The number of amides is 1. The molecule has 0 radical (unpaired) electrons. The fraction of sp³-hybridized carbons (Fsp3) is 0.375. The second-order valence-electron chi connectivity index (χ2n) is 6.92. The molecule has 0 spiro atoms. The molecule has 2 aromatic carbocycles. The third-order valence-electron chi connectivity index (χ3n) is 4.68. The van der Waals surface area contributed by atoms with Gasteiger partial charge >= 0.3 is 0 Å². The highest BCUT2D eigenvalue weighted by Gasteiger charge is 2.04. The Morgan fingerprint density at radius 2 is 1.86 bits per heavy atom. The maximum Gasteiger partial charge on any atom is 0.244 e. The van der Waals surface area contributed by atoms with Crippen LogP contribution in [0.2, 0.25) is 0 Å². The van der Waals surface area contributed by atoms with Gasteiger partial charge in [-0.2, -0.15) is 0 Å². The fourth-order valence-corrected chi connectivity index (χ4v) is 3.06. The molecule has 0 atom stereocenters. The summed E-state index contributed by atoms with van der Waals surface area (Å²) in [5, 5.41) is 12.2. The molecule has 2 rings (SSSR count). The molecule has 28 heavy (non-hydrogen) atoms. The molecule has 1 amide bonds. The van der Waals surface area contributed by atoms with Gasteiger partial charge in [0.2, 0.25) is 5.91 Å². The number of ether oxygens (including phenoxy) is 1. The first-order valence-electron chi connectivity index (χ1n) is 10.0. The minimum atomic E-state index is -0.112. The highest BCUT2D eigenvalue weighted by atomic mass is 16.5. The normalized spacial score (nSPS) is 10.9. The summed E-state index contributed by atoms with van der Waals surface area (Å²) in [6.45, 7) is 2.76. The molecule has 0 unspecified atom stereocenters. The molecule has 0 aliphatic carbocycles. The zero-order valence-corrected chi connectivity index (χ0v) is 16.9. The fourth-order valence-electron chi connectivity index (χ4n) is 3.06. The maximum absolute atomic E-state index is 12.1. The van der Waals surface area contributed by atoms with Crippen LogP contribution in [0.4, 0.5) is 0 Å². The number of benzene rings is 2.